The number of hydrogen-bond acceptors (Lipinski definition) is 6. The van der Waals surface area contributed by atoms with Gasteiger partial charge in [-0.15, -0.1) is 0 Å². The number of esters is 1. The van der Waals surface area contributed by atoms with Crippen LogP contribution in [0.15, 0.2) is 59.0 Å². The lowest BCUT2D eigenvalue weighted by molar-refractivity contribution is -0.119. The molecule has 0 atom stereocenters. The monoisotopic (exact) mass is 419 g/mol. The molecular formula is C24H21NO6. The van der Waals surface area contributed by atoms with Crippen molar-refractivity contribution in [3.8, 4) is 11.5 Å². The molecule has 31 heavy (non-hydrogen) atoms. The zero-order chi connectivity index (χ0) is 22.0. The van der Waals surface area contributed by atoms with Crippen molar-refractivity contribution >= 4 is 39.5 Å². The van der Waals surface area contributed by atoms with Crippen molar-refractivity contribution in [1.29, 1.82) is 0 Å². The summed E-state index contributed by atoms with van der Waals surface area (Å²) in [5.74, 6) is -0.295. The van der Waals surface area contributed by atoms with Crippen molar-refractivity contribution in [3.63, 3.8) is 0 Å². The van der Waals surface area contributed by atoms with Crippen molar-refractivity contribution in [3.05, 3.63) is 65.7 Å². The summed E-state index contributed by atoms with van der Waals surface area (Å²) in [4.78, 5) is 24.8. The maximum Gasteiger partial charge on any atom is 0.342 e. The lowest BCUT2D eigenvalue weighted by atomic mass is 10.1. The van der Waals surface area contributed by atoms with Gasteiger partial charge < -0.3 is 23.9 Å². The molecule has 0 saturated heterocycles. The number of benzene rings is 3. The summed E-state index contributed by atoms with van der Waals surface area (Å²) in [5, 5.41) is 4.54. The van der Waals surface area contributed by atoms with Gasteiger partial charge in [-0.2, -0.15) is 0 Å². The Morgan fingerprint density at radius 2 is 1.68 bits per heavy atom. The highest BCUT2D eigenvalue weighted by atomic mass is 16.5. The first kappa shape index (κ1) is 20.3. The molecule has 0 aliphatic heterocycles. The number of aryl methyl sites for hydroxylation is 1. The molecule has 3 aromatic carbocycles. The van der Waals surface area contributed by atoms with E-state index in [4.69, 9.17) is 18.6 Å². The molecule has 158 valence electrons. The van der Waals surface area contributed by atoms with Crippen molar-refractivity contribution in [1.82, 2.24) is 0 Å². The zero-order valence-electron chi connectivity index (χ0n) is 17.4. The van der Waals surface area contributed by atoms with Gasteiger partial charge >= 0.3 is 5.97 Å². The fourth-order valence-electron chi connectivity index (χ4n) is 3.39. The molecule has 0 bridgehead atoms. The second kappa shape index (κ2) is 8.39. The number of anilines is 1. The molecule has 4 rings (SSSR count). The van der Waals surface area contributed by atoms with Crippen LogP contribution in [0.1, 0.15) is 15.9 Å². The number of hydrogen-bond donors (Lipinski definition) is 1. The number of nitrogens with one attached hydrogen (secondary N) is 1. The fourth-order valence-corrected chi connectivity index (χ4v) is 3.39. The average Bonchev–Trinajstić information content (AvgIpc) is 3.14. The molecule has 1 N–H and O–H groups in total. The summed E-state index contributed by atoms with van der Waals surface area (Å²) in [6.07, 6.45) is 0. The number of carbonyl (C=O) groups excluding carboxylic acids is 2. The number of amides is 1. The topological polar surface area (TPSA) is 87.0 Å². The average molecular weight is 419 g/mol. The number of ether oxygens (including phenoxy) is 3. The van der Waals surface area contributed by atoms with Gasteiger partial charge in [0.15, 0.2) is 6.61 Å². The van der Waals surface area contributed by atoms with E-state index in [9.17, 15) is 9.59 Å². The Bertz CT molecular complexity index is 1290. The van der Waals surface area contributed by atoms with Gasteiger partial charge in [0.2, 0.25) is 0 Å². The maximum absolute atomic E-state index is 12.4. The molecule has 1 heterocycles. The van der Waals surface area contributed by atoms with Crippen LogP contribution < -0.4 is 14.8 Å². The molecule has 0 spiro atoms. The van der Waals surface area contributed by atoms with Gasteiger partial charge in [-0.25, -0.2) is 4.79 Å². The molecule has 1 aromatic heterocycles. The lowest BCUT2D eigenvalue weighted by Crippen LogP contribution is -2.21. The van der Waals surface area contributed by atoms with E-state index in [1.54, 1.807) is 24.3 Å². The van der Waals surface area contributed by atoms with Crippen molar-refractivity contribution in [2.75, 3.05) is 26.1 Å². The van der Waals surface area contributed by atoms with Gasteiger partial charge in [0.25, 0.3) is 5.91 Å². The summed E-state index contributed by atoms with van der Waals surface area (Å²) in [7, 11) is 2.98. The van der Waals surface area contributed by atoms with Crippen LogP contribution in [-0.4, -0.2) is 32.7 Å². The molecule has 1 amide bonds. The van der Waals surface area contributed by atoms with Crippen LogP contribution in [-0.2, 0) is 9.53 Å². The Balaban J connectivity index is 1.51. The minimum absolute atomic E-state index is 0.261. The number of rotatable bonds is 6. The third-order valence-electron chi connectivity index (χ3n) is 4.88. The zero-order valence-corrected chi connectivity index (χ0v) is 17.4. The predicted octanol–water partition coefficient (Wildman–Crippen LogP) is 4.71. The smallest absolute Gasteiger partial charge is 0.342 e. The van der Waals surface area contributed by atoms with Gasteiger partial charge in [-0.3, -0.25) is 4.79 Å². The molecule has 0 radical (unpaired) electrons. The molecule has 0 aliphatic rings. The molecule has 7 nitrogen and oxygen atoms in total. The Morgan fingerprint density at radius 3 is 2.45 bits per heavy atom. The number of furan rings is 1. The van der Waals surface area contributed by atoms with Gasteiger partial charge in [-0.1, -0.05) is 29.8 Å². The van der Waals surface area contributed by atoms with Crippen LogP contribution in [0.3, 0.4) is 0 Å². The first-order valence-corrected chi connectivity index (χ1v) is 9.61. The Hall–Kier alpha value is -4.00. The van der Waals surface area contributed by atoms with E-state index in [-0.39, 0.29) is 5.56 Å². The fraction of sp³-hybridized carbons (Fsp3) is 0.167. The van der Waals surface area contributed by atoms with E-state index in [0.29, 0.717) is 22.8 Å². The summed E-state index contributed by atoms with van der Waals surface area (Å²) >= 11 is 0. The van der Waals surface area contributed by atoms with E-state index >= 15 is 0 Å². The first-order valence-electron chi connectivity index (χ1n) is 9.61. The van der Waals surface area contributed by atoms with Crippen molar-refractivity contribution in [2.24, 2.45) is 0 Å². The van der Waals surface area contributed by atoms with E-state index in [1.807, 2.05) is 37.3 Å². The largest absolute Gasteiger partial charge is 0.496 e. The van der Waals surface area contributed by atoms with Crippen LogP contribution in [0, 0.1) is 6.92 Å². The molecule has 0 fully saturated rings. The minimum atomic E-state index is -0.643. The summed E-state index contributed by atoms with van der Waals surface area (Å²) in [5.41, 5.74) is 2.91. The quantitative estimate of drug-likeness (QED) is 0.456. The van der Waals surface area contributed by atoms with Gasteiger partial charge in [-0.05, 0) is 31.2 Å². The van der Waals surface area contributed by atoms with E-state index < -0.39 is 18.5 Å². The number of carbonyl (C=O) groups is 2. The van der Waals surface area contributed by atoms with E-state index in [1.165, 1.54) is 14.2 Å². The second-order valence-corrected chi connectivity index (χ2v) is 6.97. The molecule has 0 unspecified atom stereocenters. The summed E-state index contributed by atoms with van der Waals surface area (Å²) in [6.45, 7) is 1.39. The van der Waals surface area contributed by atoms with Crippen LogP contribution in [0.4, 0.5) is 5.69 Å². The second-order valence-electron chi connectivity index (χ2n) is 6.97. The highest BCUT2D eigenvalue weighted by Gasteiger charge is 2.18. The van der Waals surface area contributed by atoms with Gasteiger partial charge in [0, 0.05) is 16.8 Å². The van der Waals surface area contributed by atoms with Crippen LogP contribution in [0.25, 0.3) is 21.9 Å². The number of fused-ring (bicyclic) bond motifs is 3. The lowest BCUT2D eigenvalue weighted by Gasteiger charge is -2.12. The summed E-state index contributed by atoms with van der Waals surface area (Å²) in [6, 6.07) is 16.3. The normalized spacial score (nSPS) is 10.8. The Labute approximate surface area is 178 Å². The molecule has 0 aliphatic carbocycles. The first-order chi connectivity index (χ1) is 15.0. The standard InChI is InChI=1S/C24H21NO6/c1-14-8-9-19(28-2)17(10-14)24(27)30-13-23(26)25-18-12-21-16(11-22(18)29-3)15-6-4-5-7-20(15)31-21/h4-12H,13H2,1-3H3,(H,25,26). The number of methoxy groups -OCH3 is 2. The third-order valence-corrected chi connectivity index (χ3v) is 4.88. The van der Waals surface area contributed by atoms with Crippen LogP contribution >= 0.6 is 0 Å². The summed E-state index contributed by atoms with van der Waals surface area (Å²) < 4.78 is 21.7. The molecule has 7 heteroatoms. The number of para-hydroxylation sites is 1. The predicted molar refractivity (Wildman–Crippen MR) is 117 cm³/mol. The maximum atomic E-state index is 12.4. The minimum Gasteiger partial charge on any atom is -0.496 e. The van der Waals surface area contributed by atoms with Gasteiger partial charge in [0.05, 0.1) is 19.9 Å². The Morgan fingerprint density at radius 1 is 0.903 bits per heavy atom. The van der Waals surface area contributed by atoms with E-state index in [2.05, 4.69) is 5.32 Å². The third kappa shape index (κ3) is 4.02. The molecular weight excluding hydrogens is 398 g/mol. The molecule has 0 saturated carbocycles. The SMILES string of the molecule is COc1cc2c(cc1NC(=O)COC(=O)c1cc(C)ccc1OC)oc1ccccc12. The van der Waals surface area contributed by atoms with Crippen LogP contribution in [0.2, 0.25) is 0 Å². The highest BCUT2D eigenvalue weighted by molar-refractivity contribution is 6.08. The van der Waals surface area contributed by atoms with Crippen LogP contribution in [0.5, 0.6) is 11.5 Å². The molecule has 4 aromatic rings. The van der Waals surface area contributed by atoms with Crippen molar-refractivity contribution in [2.45, 2.75) is 6.92 Å². The highest BCUT2D eigenvalue weighted by Crippen LogP contribution is 2.36. The van der Waals surface area contributed by atoms with Crippen molar-refractivity contribution < 1.29 is 28.2 Å². The van der Waals surface area contributed by atoms with Gasteiger partial charge in [0.1, 0.15) is 28.2 Å². The Kier molecular flexibility index (Phi) is 5.49. The van der Waals surface area contributed by atoms with E-state index in [0.717, 1.165) is 21.9 Å².